The van der Waals surface area contributed by atoms with E-state index in [4.69, 9.17) is 34.8 Å². The van der Waals surface area contributed by atoms with Crippen molar-refractivity contribution in [3.8, 4) is 0 Å². The topological polar surface area (TPSA) is 69.8 Å². The minimum absolute atomic E-state index is 0.268. The summed E-state index contributed by atoms with van der Waals surface area (Å²) >= 11 is 18.6. The summed E-state index contributed by atoms with van der Waals surface area (Å²) in [4.78, 5) is 20.2. The zero-order valence-electron chi connectivity index (χ0n) is 15.8. The van der Waals surface area contributed by atoms with Crippen molar-refractivity contribution in [1.29, 1.82) is 0 Å². The molecule has 0 atom stereocenters. The molecule has 0 fully saturated rings. The van der Waals surface area contributed by atoms with Gasteiger partial charge in [-0.15, -0.1) is 0 Å². The predicted molar refractivity (Wildman–Crippen MR) is 122 cm³/mol. The third kappa shape index (κ3) is 5.12. The number of H-pyrrole nitrogens is 1. The number of fused-ring (bicyclic) bond motifs is 1. The van der Waals surface area contributed by atoms with Crippen molar-refractivity contribution >= 4 is 63.4 Å². The molecule has 0 spiro atoms. The number of nitrogens with one attached hydrogen (secondary N) is 3. The SMILES string of the molecule is CC/C=C(Cl)\C(Nc1nc2ccc(C(=O)Nc3ccccc3Cl)cc2[nH]1)=C(/C)Cl. The molecule has 150 valence electrons. The van der Waals surface area contributed by atoms with Gasteiger partial charge in [0.15, 0.2) is 0 Å². The number of hydrogen-bond acceptors (Lipinski definition) is 3. The molecule has 2 aromatic carbocycles. The van der Waals surface area contributed by atoms with E-state index in [2.05, 4.69) is 20.6 Å². The smallest absolute Gasteiger partial charge is 0.255 e. The summed E-state index contributed by atoms with van der Waals surface area (Å²) < 4.78 is 0. The third-order valence-electron chi connectivity index (χ3n) is 4.08. The van der Waals surface area contributed by atoms with Crippen molar-refractivity contribution in [2.24, 2.45) is 0 Å². The van der Waals surface area contributed by atoms with Crippen molar-refractivity contribution in [3.05, 3.63) is 74.9 Å². The number of rotatable bonds is 6. The van der Waals surface area contributed by atoms with Gasteiger partial charge in [0.1, 0.15) is 0 Å². The Kier molecular flexibility index (Phi) is 6.85. The number of para-hydroxylation sites is 1. The van der Waals surface area contributed by atoms with Gasteiger partial charge in [-0.25, -0.2) is 4.98 Å². The molecule has 8 heteroatoms. The van der Waals surface area contributed by atoms with Gasteiger partial charge in [0, 0.05) is 10.6 Å². The van der Waals surface area contributed by atoms with Crippen LogP contribution in [0.25, 0.3) is 11.0 Å². The second kappa shape index (κ2) is 9.35. The number of nitrogens with zero attached hydrogens (tertiary/aromatic N) is 1. The summed E-state index contributed by atoms with van der Waals surface area (Å²) in [5, 5.41) is 7.42. The molecule has 0 aliphatic carbocycles. The Labute approximate surface area is 183 Å². The number of aromatic nitrogens is 2. The first-order valence-electron chi connectivity index (χ1n) is 8.94. The van der Waals surface area contributed by atoms with Crippen LogP contribution in [0.15, 0.2) is 64.3 Å². The first-order chi connectivity index (χ1) is 13.9. The van der Waals surface area contributed by atoms with Crippen LogP contribution in [-0.2, 0) is 0 Å². The van der Waals surface area contributed by atoms with E-state index in [1.54, 1.807) is 49.4 Å². The summed E-state index contributed by atoms with van der Waals surface area (Å²) in [6.45, 7) is 3.73. The van der Waals surface area contributed by atoms with E-state index in [0.717, 1.165) is 6.42 Å². The predicted octanol–water partition coefficient (Wildman–Crippen LogP) is 6.88. The molecule has 29 heavy (non-hydrogen) atoms. The molecule has 1 amide bonds. The fraction of sp³-hybridized carbons (Fsp3) is 0.143. The van der Waals surface area contributed by atoms with Crippen molar-refractivity contribution < 1.29 is 4.79 Å². The normalized spacial score (nSPS) is 12.7. The number of allylic oxidation sites excluding steroid dienone is 3. The number of imidazole rings is 1. The maximum Gasteiger partial charge on any atom is 0.255 e. The van der Waals surface area contributed by atoms with Crippen LogP contribution in [0.3, 0.4) is 0 Å². The number of benzene rings is 2. The first kappa shape index (κ1) is 21.2. The lowest BCUT2D eigenvalue weighted by molar-refractivity contribution is 0.102. The van der Waals surface area contributed by atoms with E-state index in [1.165, 1.54) is 0 Å². The number of halogens is 3. The molecule has 0 unspecified atom stereocenters. The number of hydrogen-bond donors (Lipinski definition) is 3. The number of anilines is 2. The molecule has 3 aromatic rings. The largest absolute Gasteiger partial charge is 0.324 e. The molecule has 0 saturated heterocycles. The van der Waals surface area contributed by atoms with E-state index in [-0.39, 0.29) is 5.91 Å². The van der Waals surface area contributed by atoms with Crippen molar-refractivity contribution in [2.45, 2.75) is 20.3 Å². The average Bonchev–Trinajstić information content (AvgIpc) is 3.09. The number of carbonyl (C=O) groups is 1. The lowest BCUT2D eigenvalue weighted by Crippen LogP contribution is -2.12. The van der Waals surface area contributed by atoms with Crippen LogP contribution < -0.4 is 10.6 Å². The van der Waals surface area contributed by atoms with E-state index in [9.17, 15) is 4.79 Å². The Morgan fingerprint density at radius 3 is 2.62 bits per heavy atom. The maximum atomic E-state index is 12.6. The number of carbonyl (C=O) groups excluding carboxylic acids is 1. The van der Waals surface area contributed by atoms with Crippen LogP contribution in [0, 0.1) is 0 Å². The van der Waals surface area contributed by atoms with E-state index < -0.39 is 0 Å². The first-order valence-corrected chi connectivity index (χ1v) is 10.1. The summed E-state index contributed by atoms with van der Waals surface area (Å²) in [5.41, 5.74) is 2.99. The minimum Gasteiger partial charge on any atom is -0.324 e. The van der Waals surface area contributed by atoms with Crippen LogP contribution in [0.2, 0.25) is 5.02 Å². The van der Waals surface area contributed by atoms with Crippen LogP contribution in [0.4, 0.5) is 11.6 Å². The van der Waals surface area contributed by atoms with Gasteiger partial charge in [-0.2, -0.15) is 0 Å². The monoisotopic (exact) mass is 448 g/mol. The molecule has 0 aliphatic heterocycles. The molecule has 0 radical (unpaired) electrons. The molecule has 1 heterocycles. The number of aromatic amines is 1. The molecule has 0 bridgehead atoms. The fourth-order valence-electron chi connectivity index (χ4n) is 2.68. The van der Waals surface area contributed by atoms with Gasteiger partial charge in [-0.05, 0) is 43.7 Å². The Balaban J connectivity index is 1.85. The maximum absolute atomic E-state index is 12.6. The second-order valence-electron chi connectivity index (χ2n) is 6.25. The summed E-state index contributed by atoms with van der Waals surface area (Å²) in [5.74, 6) is 0.205. The lowest BCUT2D eigenvalue weighted by atomic mass is 10.2. The molecular weight excluding hydrogens is 431 g/mol. The molecule has 3 rings (SSSR count). The van der Waals surface area contributed by atoms with E-state index in [1.807, 2.05) is 13.0 Å². The van der Waals surface area contributed by atoms with Crippen molar-refractivity contribution in [3.63, 3.8) is 0 Å². The highest BCUT2D eigenvalue weighted by Crippen LogP contribution is 2.25. The molecule has 1 aromatic heterocycles. The zero-order valence-corrected chi connectivity index (χ0v) is 18.1. The average molecular weight is 450 g/mol. The third-order valence-corrected chi connectivity index (χ3v) is 4.94. The molecule has 0 saturated carbocycles. The Morgan fingerprint density at radius 2 is 1.93 bits per heavy atom. The summed E-state index contributed by atoms with van der Waals surface area (Å²) in [6.07, 6.45) is 2.63. The highest BCUT2D eigenvalue weighted by atomic mass is 35.5. The standard InChI is InChI=1S/C21H19Cl3N4O/c1-3-6-15(24)19(12(2)22)28-21-26-17-10-9-13(11-18(17)27-21)20(29)25-16-8-5-4-7-14(16)23/h4-11H,3H2,1-2H3,(H,25,29)(H2,26,27,28)/b15-6+,19-12-. The lowest BCUT2D eigenvalue weighted by Gasteiger charge is -2.08. The van der Waals surface area contributed by atoms with Crippen molar-refractivity contribution in [1.82, 2.24) is 9.97 Å². The highest BCUT2D eigenvalue weighted by Gasteiger charge is 2.13. The zero-order chi connectivity index (χ0) is 21.0. The van der Waals surface area contributed by atoms with Crippen LogP contribution in [-0.4, -0.2) is 15.9 Å². The van der Waals surface area contributed by atoms with Gasteiger partial charge >= 0.3 is 0 Å². The van der Waals surface area contributed by atoms with E-state index in [0.29, 0.717) is 49.0 Å². The van der Waals surface area contributed by atoms with Crippen LogP contribution >= 0.6 is 34.8 Å². The van der Waals surface area contributed by atoms with E-state index >= 15 is 0 Å². The second-order valence-corrected chi connectivity index (χ2v) is 7.63. The van der Waals surface area contributed by atoms with Gasteiger partial charge < -0.3 is 15.6 Å². The van der Waals surface area contributed by atoms with Gasteiger partial charge in [0.25, 0.3) is 5.91 Å². The Hall–Kier alpha value is -2.47. The fourth-order valence-corrected chi connectivity index (χ4v) is 3.40. The van der Waals surface area contributed by atoms with Crippen LogP contribution in [0.1, 0.15) is 30.6 Å². The summed E-state index contributed by atoms with van der Waals surface area (Å²) in [6, 6.07) is 12.3. The van der Waals surface area contributed by atoms with Gasteiger partial charge in [-0.3, -0.25) is 4.79 Å². The summed E-state index contributed by atoms with van der Waals surface area (Å²) in [7, 11) is 0. The minimum atomic E-state index is -0.268. The molecular formula is C21H19Cl3N4O. The van der Waals surface area contributed by atoms with Crippen LogP contribution in [0.5, 0.6) is 0 Å². The molecule has 5 nitrogen and oxygen atoms in total. The Morgan fingerprint density at radius 1 is 1.17 bits per heavy atom. The van der Waals surface area contributed by atoms with Crippen molar-refractivity contribution in [2.75, 3.05) is 10.6 Å². The highest BCUT2D eigenvalue weighted by molar-refractivity contribution is 6.35. The van der Waals surface area contributed by atoms with Gasteiger partial charge in [0.05, 0.1) is 32.5 Å². The quantitative estimate of drug-likeness (QED) is 0.359. The van der Waals surface area contributed by atoms with Gasteiger partial charge in [-0.1, -0.05) is 59.9 Å². The Bertz CT molecular complexity index is 1110. The number of amides is 1. The van der Waals surface area contributed by atoms with Gasteiger partial charge in [0.2, 0.25) is 5.95 Å². The molecule has 3 N–H and O–H groups in total. The molecule has 0 aliphatic rings.